The van der Waals surface area contributed by atoms with E-state index in [1.807, 2.05) is 0 Å². The summed E-state index contributed by atoms with van der Waals surface area (Å²) in [6, 6.07) is 4.39. The zero-order chi connectivity index (χ0) is 24.5. The number of unbranched alkanes of at least 4 members (excludes halogenated alkanes) is 2. The van der Waals surface area contributed by atoms with Gasteiger partial charge in [0.25, 0.3) is 0 Å². The van der Waals surface area contributed by atoms with Gasteiger partial charge in [-0.1, -0.05) is 12.5 Å². The average molecular weight is 473 g/mol. The van der Waals surface area contributed by atoms with Crippen LogP contribution in [0.15, 0.2) is 18.2 Å². The summed E-state index contributed by atoms with van der Waals surface area (Å²) in [6.45, 7) is 0.322. The molecule has 1 aliphatic heterocycles. The molecule has 12 nitrogen and oxygen atoms in total. The molecule has 0 saturated carbocycles. The third-order valence-electron chi connectivity index (χ3n) is 5.28. The van der Waals surface area contributed by atoms with Gasteiger partial charge in [-0.2, -0.15) is 0 Å². The molecular weight excluding hydrogens is 442 g/mol. The number of carboxylic acid groups (broad SMARTS) is 2. The summed E-state index contributed by atoms with van der Waals surface area (Å²) >= 11 is 0. The molecule has 0 unspecified atom stereocenters. The van der Waals surface area contributed by atoms with Gasteiger partial charge in [-0.25, -0.2) is 4.79 Å². The lowest BCUT2D eigenvalue weighted by Gasteiger charge is -2.38. The summed E-state index contributed by atoms with van der Waals surface area (Å²) in [5.41, 5.74) is 0.692. The molecule has 0 amide bonds. The molecule has 1 aliphatic rings. The van der Waals surface area contributed by atoms with Crippen molar-refractivity contribution in [3.8, 4) is 5.75 Å². The second-order valence-corrected chi connectivity index (χ2v) is 7.80. The Balaban J connectivity index is 1.94. The number of ether oxygens (including phenoxy) is 2. The van der Waals surface area contributed by atoms with Crippen LogP contribution in [0, 0.1) is 0 Å². The third kappa shape index (κ3) is 7.61. The molecule has 0 radical (unpaired) electrons. The highest BCUT2D eigenvalue weighted by molar-refractivity contribution is 5.73. The molecule has 0 aromatic heterocycles. The monoisotopic (exact) mass is 473 g/mol. The molecule has 8 N–H and O–H groups in total. The number of nitrogens with one attached hydrogen (secondary N) is 1. The highest BCUT2D eigenvalue weighted by Gasteiger charge is 2.48. The van der Waals surface area contributed by atoms with Gasteiger partial charge in [0, 0.05) is 18.5 Å². The summed E-state index contributed by atoms with van der Waals surface area (Å²) in [6.07, 6.45) is -7.54. The highest BCUT2D eigenvalue weighted by Crippen LogP contribution is 2.29. The van der Waals surface area contributed by atoms with Crippen molar-refractivity contribution in [1.29, 1.82) is 0 Å². The number of aliphatic hydroxyl groups excluding tert-OH is 5. The lowest BCUT2D eigenvalue weighted by Crippen LogP contribution is -2.61. The third-order valence-corrected chi connectivity index (χ3v) is 5.28. The van der Waals surface area contributed by atoms with Gasteiger partial charge in [0.05, 0.1) is 12.7 Å². The van der Waals surface area contributed by atoms with Crippen molar-refractivity contribution >= 4 is 11.9 Å². The maximum absolute atomic E-state index is 11.2. The van der Waals surface area contributed by atoms with E-state index < -0.39 is 55.4 Å². The number of aliphatic hydroxyl groups is 5. The molecule has 2 rings (SSSR count). The Morgan fingerprint density at radius 2 is 1.79 bits per heavy atom. The predicted octanol–water partition coefficient (Wildman–Crippen LogP) is -1.28. The molecule has 6 atom stereocenters. The van der Waals surface area contributed by atoms with Crippen LogP contribution in [0.5, 0.6) is 5.75 Å². The van der Waals surface area contributed by atoms with Crippen molar-refractivity contribution in [1.82, 2.24) is 5.32 Å². The first-order valence-electron chi connectivity index (χ1n) is 10.6. The first-order chi connectivity index (χ1) is 15.6. The maximum Gasteiger partial charge on any atom is 0.335 e. The minimum absolute atomic E-state index is 0.0385. The quantitative estimate of drug-likeness (QED) is 0.158. The Morgan fingerprint density at radius 1 is 1.06 bits per heavy atom. The van der Waals surface area contributed by atoms with Crippen LogP contribution in [0.2, 0.25) is 0 Å². The van der Waals surface area contributed by atoms with Gasteiger partial charge in [0.2, 0.25) is 6.29 Å². The number of aliphatic carboxylic acids is 2. The second kappa shape index (κ2) is 12.8. The van der Waals surface area contributed by atoms with Gasteiger partial charge in [0.1, 0.15) is 24.1 Å². The fraction of sp³-hybridized carbons (Fsp3) is 0.619. The Kier molecular flexibility index (Phi) is 10.4. The minimum atomic E-state index is -1.85. The van der Waals surface area contributed by atoms with Crippen LogP contribution >= 0.6 is 0 Å². The summed E-state index contributed by atoms with van der Waals surface area (Å²) in [5, 5.41) is 70.6. The number of carboxylic acids is 2. The van der Waals surface area contributed by atoms with E-state index >= 15 is 0 Å². The van der Waals surface area contributed by atoms with Crippen molar-refractivity contribution in [2.45, 2.75) is 69.1 Å². The van der Waals surface area contributed by atoms with Gasteiger partial charge in [-0.3, -0.25) is 4.79 Å². The second-order valence-electron chi connectivity index (χ2n) is 7.80. The molecule has 1 aromatic carbocycles. The van der Waals surface area contributed by atoms with Crippen LogP contribution in [0.1, 0.15) is 42.9 Å². The first-order valence-corrected chi connectivity index (χ1v) is 10.6. The van der Waals surface area contributed by atoms with Crippen LogP contribution < -0.4 is 10.1 Å². The van der Waals surface area contributed by atoms with E-state index in [2.05, 4.69) is 5.32 Å². The van der Waals surface area contributed by atoms with Crippen LogP contribution in [-0.4, -0.2) is 91.5 Å². The summed E-state index contributed by atoms with van der Waals surface area (Å²) in [4.78, 5) is 21.7. The zero-order valence-electron chi connectivity index (χ0n) is 17.9. The van der Waals surface area contributed by atoms with Gasteiger partial charge >= 0.3 is 11.9 Å². The molecule has 12 heteroatoms. The topological polar surface area (TPSA) is 206 Å². The summed E-state index contributed by atoms with van der Waals surface area (Å²) < 4.78 is 10.5. The van der Waals surface area contributed by atoms with Gasteiger partial charge < -0.3 is 50.5 Å². The lowest BCUT2D eigenvalue weighted by atomic mass is 9.99. The van der Waals surface area contributed by atoms with Crippen LogP contribution in [0.3, 0.4) is 0 Å². The standard InChI is InChI=1S/C21H31NO11/c23-10-12-8-11(13(24)9-22-7-3-1-2-4-15(25)26)5-6-14(12)32-21-18(29)16(27)17(28)19(33-21)20(30)31/h5-6,8,13,16-19,21-24,27-29H,1-4,7,9-10H2,(H,25,26)(H,30,31)/t13-,16-,17-,18+,19-,21+/m0/s1. The number of carbonyl (C=O) groups is 2. The van der Waals surface area contributed by atoms with E-state index in [9.17, 15) is 35.1 Å². The Hall–Kier alpha value is -2.32. The minimum Gasteiger partial charge on any atom is -0.481 e. The highest BCUT2D eigenvalue weighted by atomic mass is 16.7. The van der Waals surface area contributed by atoms with E-state index in [1.165, 1.54) is 18.2 Å². The van der Waals surface area contributed by atoms with Gasteiger partial charge in [-0.05, 0) is 37.1 Å². The normalized spacial score (nSPS) is 26.0. The maximum atomic E-state index is 11.2. The fourth-order valence-electron chi connectivity index (χ4n) is 3.38. The van der Waals surface area contributed by atoms with E-state index in [1.54, 1.807) is 0 Å². The molecule has 186 valence electrons. The average Bonchev–Trinajstić information content (AvgIpc) is 2.78. The number of hydrogen-bond donors (Lipinski definition) is 8. The van der Waals surface area contributed by atoms with E-state index in [0.29, 0.717) is 18.5 Å². The lowest BCUT2D eigenvalue weighted by molar-refractivity contribution is -0.271. The SMILES string of the molecule is O=C(O)CCCCCNC[C@H](O)c1ccc(O[C@@H]2O[C@H](C(=O)O)[C@@H](O)[C@H](O)[C@H]2O)c(CO)c1. The molecule has 1 saturated heterocycles. The van der Waals surface area contributed by atoms with Crippen molar-refractivity contribution in [2.75, 3.05) is 13.1 Å². The first kappa shape index (κ1) is 26.9. The van der Waals surface area contributed by atoms with E-state index in [0.717, 1.165) is 12.8 Å². The molecule has 1 fully saturated rings. The molecule has 0 aliphatic carbocycles. The molecular formula is C21H31NO11. The van der Waals surface area contributed by atoms with Crippen LogP contribution in [0.25, 0.3) is 0 Å². The Morgan fingerprint density at radius 3 is 2.42 bits per heavy atom. The van der Waals surface area contributed by atoms with Gasteiger partial charge in [0.15, 0.2) is 6.10 Å². The molecule has 0 bridgehead atoms. The van der Waals surface area contributed by atoms with E-state index in [4.69, 9.17) is 19.7 Å². The largest absolute Gasteiger partial charge is 0.481 e. The van der Waals surface area contributed by atoms with Crippen molar-refractivity contribution in [2.24, 2.45) is 0 Å². The van der Waals surface area contributed by atoms with Gasteiger partial charge in [-0.15, -0.1) is 0 Å². The number of hydrogen-bond acceptors (Lipinski definition) is 10. The summed E-state index contributed by atoms with van der Waals surface area (Å²) in [7, 11) is 0. The van der Waals surface area contributed by atoms with E-state index in [-0.39, 0.29) is 24.3 Å². The van der Waals surface area contributed by atoms with Crippen molar-refractivity contribution in [3.63, 3.8) is 0 Å². The molecule has 1 aromatic rings. The molecule has 1 heterocycles. The fourth-order valence-corrected chi connectivity index (χ4v) is 3.38. The van der Waals surface area contributed by atoms with Crippen LogP contribution in [0.4, 0.5) is 0 Å². The predicted molar refractivity (Wildman–Crippen MR) is 111 cm³/mol. The zero-order valence-corrected chi connectivity index (χ0v) is 17.9. The van der Waals surface area contributed by atoms with Crippen molar-refractivity contribution < 1.29 is 54.8 Å². The Labute approximate surface area is 190 Å². The summed E-state index contributed by atoms with van der Waals surface area (Å²) in [5.74, 6) is -2.33. The molecule has 0 spiro atoms. The smallest absolute Gasteiger partial charge is 0.335 e. The number of rotatable bonds is 13. The number of benzene rings is 1. The molecule has 33 heavy (non-hydrogen) atoms. The Bertz CT molecular complexity index is 789. The van der Waals surface area contributed by atoms with Crippen LogP contribution in [-0.2, 0) is 20.9 Å². The van der Waals surface area contributed by atoms with Crippen molar-refractivity contribution in [3.05, 3.63) is 29.3 Å².